The Kier molecular flexibility index (Phi) is 3.46. The maximum atomic E-state index is 13.4. The molecule has 0 atom stereocenters. The predicted octanol–water partition coefficient (Wildman–Crippen LogP) is 1.18. The molecule has 86 valence electrons. The minimum Gasteiger partial charge on any atom is -0.396 e. The zero-order valence-corrected chi connectivity index (χ0v) is 7.92. The lowest BCUT2D eigenvalue weighted by Gasteiger charge is -2.02. The number of benzene rings is 1. The van der Waals surface area contributed by atoms with E-state index in [1.807, 2.05) is 0 Å². The van der Waals surface area contributed by atoms with Crippen LogP contribution in [-0.2, 0) is 6.42 Å². The van der Waals surface area contributed by atoms with Crippen LogP contribution < -0.4 is 0 Å². The molecule has 0 unspecified atom stereocenters. The lowest BCUT2D eigenvalue weighted by atomic mass is 10.1. The summed E-state index contributed by atoms with van der Waals surface area (Å²) in [5.74, 6) is -1.49. The molecule has 0 aliphatic rings. The second-order valence-corrected chi connectivity index (χ2v) is 2.89. The number of nitrogens with zero attached hydrogens (tertiary/aromatic N) is 2. The number of nitro groups is 2. The van der Waals surface area contributed by atoms with Gasteiger partial charge in [0.2, 0.25) is 0 Å². The number of aliphatic hydroxyl groups excluding tert-OH is 1. The summed E-state index contributed by atoms with van der Waals surface area (Å²) in [6, 6.07) is 1.91. The monoisotopic (exact) mass is 230 g/mol. The summed E-state index contributed by atoms with van der Waals surface area (Å²) in [5, 5.41) is 29.5. The Balaban J connectivity index is 3.41. The normalized spacial score (nSPS) is 10.1. The van der Waals surface area contributed by atoms with Crippen molar-refractivity contribution in [1.82, 2.24) is 0 Å². The van der Waals surface area contributed by atoms with Crippen LogP contribution in [0.1, 0.15) is 5.56 Å². The van der Waals surface area contributed by atoms with Crippen LogP contribution in [0.5, 0.6) is 0 Å². The van der Waals surface area contributed by atoms with E-state index in [0.717, 1.165) is 12.1 Å². The molecule has 0 saturated carbocycles. The standard InChI is InChI=1S/C8H7FN2O5/c9-7-6(10(13)14)2-1-5(3-4-12)8(7)11(15)16/h1-2,12H,3-4H2. The molecule has 0 amide bonds. The first-order chi connectivity index (χ1) is 7.49. The number of hydrogen-bond donors (Lipinski definition) is 1. The Morgan fingerprint density at radius 2 is 1.88 bits per heavy atom. The van der Waals surface area contributed by atoms with E-state index in [1.165, 1.54) is 0 Å². The van der Waals surface area contributed by atoms with Gasteiger partial charge in [-0.1, -0.05) is 0 Å². The molecule has 8 heteroatoms. The maximum Gasteiger partial charge on any atom is 0.315 e. The van der Waals surface area contributed by atoms with Crippen molar-refractivity contribution in [2.45, 2.75) is 6.42 Å². The van der Waals surface area contributed by atoms with Gasteiger partial charge in [0.1, 0.15) is 0 Å². The molecular formula is C8H7FN2O5. The van der Waals surface area contributed by atoms with Gasteiger partial charge >= 0.3 is 11.4 Å². The molecule has 1 aromatic rings. The van der Waals surface area contributed by atoms with Gasteiger partial charge in [-0.3, -0.25) is 20.2 Å². The third kappa shape index (κ3) is 2.11. The van der Waals surface area contributed by atoms with E-state index in [9.17, 15) is 24.6 Å². The van der Waals surface area contributed by atoms with Crippen LogP contribution in [0, 0.1) is 26.0 Å². The van der Waals surface area contributed by atoms with Crippen molar-refractivity contribution in [3.63, 3.8) is 0 Å². The van der Waals surface area contributed by atoms with E-state index in [1.54, 1.807) is 0 Å². The van der Waals surface area contributed by atoms with Gasteiger partial charge in [-0.25, -0.2) is 0 Å². The first kappa shape index (κ1) is 12.0. The zero-order valence-electron chi connectivity index (χ0n) is 7.92. The fourth-order valence-electron chi connectivity index (χ4n) is 1.25. The van der Waals surface area contributed by atoms with Crippen LogP contribution >= 0.6 is 0 Å². The lowest BCUT2D eigenvalue weighted by molar-refractivity contribution is -0.399. The first-order valence-corrected chi connectivity index (χ1v) is 4.20. The Hall–Kier alpha value is -2.09. The minimum absolute atomic E-state index is 0.0735. The molecule has 0 aliphatic heterocycles. The van der Waals surface area contributed by atoms with Crippen molar-refractivity contribution in [1.29, 1.82) is 0 Å². The molecule has 0 radical (unpaired) electrons. The van der Waals surface area contributed by atoms with Gasteiger partial charge in [0.15, 0.2) is 0 Å². The molecule has 0 aromatic heterocycles. The number of rotatable bonds is 4. The fraction of sp³-hybridized carbons (Fsp3) is 0.250. The van der Waals surface area contributed by atoms with Crippen LogP contribution in [0.2, 0.25) is 0 Å². The highest BCUT2D eigenvalue weighted by molar-refractivity contribution is 5.51. The predicted molar refractivity (Wildman–Crippen MR) is 50.5 cm³/mol. The highest BCUT2D eigenvalue weighted by atomic mass is 19.1. The van der Waals surface area contributed by atoms with Crippen LogP contribution in [0.3, 0.4) is 0 Å². The number of nitro benzene ring substituents is 2. The van der Waals surface area contributed by atoms with Crippen LogP contribution in [0.25, 0.3) is 0 Å². The molecule has 1 rings (SSSR count). The summed E-state index contributed by atoms with van der Waals surface area (Å²) in [4.78, 5) is 18.8. The second kappa shape index (κ2) is 4.62. The molecule has 0 heterocycles. The summed E-state index contributed by atoms with van der Waals surface area (Å²) in [6.45, 7) is -0.405. The van der Waals surface area contributed by atoms with E-state index >= 15 is 0 Å². The Labute approximate surface area is 88.4 Å². The van der Waals surface area contributed by atoms with Gasteiger partial charge in [0, 0.05) is 24.7 Å². The van der Waals surface area contributed by atoms with Gasteiger partial charge in [0.05, 0.1) is 9.85 Å². The van der Waals surface area contributed by atoms with E-state index < -0.39 is 33.6 Å². The molecule has 0 aliphatic carbocycles. The quantitative estimate of drug-likeness (QED) is 0.617. The molecule has 0 saturated heterocycles. The van der Waals surface area contributed by atoms with Crippen molar-refractivity contribution in [2.75, 3.05) is 6.61 Å². The average Bonchev–Trinajstić information content (AvgIpc) is 2.17. The van der Waals surface area contributed by atoms with Crippen molar-refractivity contribution in [3.8, 4) is 0 Å². The Morgan fingerprint density at radius 1 is 1.25 bits per heavy atom. The summed E-state index contributed by atoms with van der Waals surface area (Å²) in [7, 11) is 0. The average molecular weight is 230 g/mol. The number of halogens is 1. The maximum absolute atomic E-state index is 13.4. The summed E-state index contributed by atoms with van der Waals surface area (Å²) in [6.07, 6.45) is -0.134. The number of hydrogen-bond acceptors (Lipinski definition) is 5. The van der Waals surface area contributed by atoms with Crippen molar-refractivity contribution in [2.24, 2.45) is 0 Å². The molecule has 0 spiro atoms. The van der Waals surface area contributed by atoms with Crippen LogP contribution in [-0.4, -0.2) is 21.6 Å². The fourth-order valence-corrected chi connectivity index (χ4v) is 1.25. The van der Waals surface area contributed by atoms with Crippen LogP contribution in [0.4, 0.5) is 15.8 Å². The largest absolute Gasteiger partial charge is 0.396 e. The van der Waals surface area contributed by atoms with Crippen molar-refractivity contribution >= 4 is 11.4 Å². The van der Waals surface area contributed by atoms with Gasteiger partial charge in [-0.05, 0) is 6.07 Å². The first-order valence-electron chi connectivity index (χ1n) is 4.20. The van der Waals surface area contributed by atoms with E-state index in [2.05, 4.69) is 0 Å². The summed E-state index contributed by atoms with van der Waals surface area (Å²) < 4.78 is 13.4. The third-order valence-electron chi connectivity index (χ3n) is 1.94. The molecule has 1 N–H and O–H groups in total. The van der Waals surface area contributed by atoms with E-state index in [-0.39, 0.29) is 12.0 Å². The minimum atomic E-state index is -1.49. The van der Waals surface area contributed by atoms with Crippen molar-refractivity contribution in [3.05, 3.63) is 43.7 Å². The third-order valence-corrected chi connectivity index (χ3v) is 1.94. The lowest BCUT2D eigenvalue weighted by Crippen LogP contribution is -2.04. The van der Waals surface area contributed by atoms with E-state index in [0.29, 0.717) is 0 Å². The molecule has 1 aromatic carbocycles. The van der Waals surface area contributed by atoms with Gasteiger partial charge in [-0.15, -0.1) is 0 Å². The Morgan fingerprint density at radius 3 is 2.31 bits per heavy atom. The molecule has 0 fully saturated rings. The van der Waals surface area contributed by atoms with Gasteiger partial charge in [-0.2, -0.15) is 4.39 Å². The second-order valence-electron chi connectivity index (χ2n) is 2.89. The SMILES string of the molecule is O=[N+]([O-])c1ccc(CCO)c([N+](=O)[O-])c1F. The molecule has 0 bridgehead atoms. The smallest absolute Gasteiger partial charge is 0.315 e. The van der Waals surface area contributed by atoms with Crippen molar-refractivity contribution < 1.29 is 19.3 Å². The summed E-state index contributed by atoms with van der Waals surface area (Å²) >= 11 is 0. The zero-order chi connectivity index (χ0) is 12.3. The highest BCUT2D eigenvalue weighted by Crippen LogP contribution is 2.30. The molecular weight excluding hydrogens is 223 g/mol. The topological polar surface area (TPSA) is 107 Å². The number of aliphatic hydroxyl groups is 1. The van der Waals surface area contributed by atoms with Crippen LogP contribution in [0.15, 0.2) is 12.1 Å². The van der Waals surface area contributed by atoms with Gasteiger partial charge < -0.3 is 5.11 Å². The summed E-state index contributed by atoms with van der Waals surface area (Å²) in [5.41, 5.74) is -1.98. The molecule has 16 heavy (non-hydrogen) atoms. The Bertz CT molecular complexity index is 448. The highest BCUT2D eigenvalue weighted by Gasteiger charge is 2.28. The van der Waals surface area contributed by atoms with E-state index in [4.69, 9.17) is 5.11 Å². The van der Waals surface area contributed by atoms with Gasteiger partial charge in [0.25, 0.3) is 5.82 Å². The molecule has 7 nitrogen and oxygen atoms in total.